The highest BCUT2D eigenvalue weighted by Gasteiger charge is 2.12. The summed E-state index contributed by atoms with van der Waals surface area (Å²) in [6, 6.07) is 9.10. The molecule has 2 heterocycles. The van der Waals surface area contributed by atoms with E-state index in [1.54, 1.807) is 18.3 Å². The van der Waals surface area contributed by atoms with Gasteiger partial charge < -0.3 is 10.1 Å². The average Bonchev–Trinajstić information content (AvgIpc) is 2.45. The summed E-state index contributed by atoms with van der Waals surface area (Å²) in [6.45, 7) is 6.46. The van der Waals surface area contributed by atoms with Crippen molar-refractivity contribution < 1.29 is 4.74 Å². The van der Waals surface area contributed by atoms with E-state index < -0.39 is 0 Å². The average molecular weight is 317 g/mol. The molecule has 0 bridgehead atoms. The standard InChI is InChI=1S/C16H17ClN4O/c1-16(2,3)22-15-8-11(6-7-19-15)10-20-14-5-4-12(17)13(9-18)21-14/h4-8H,10H2,1-3H3,(H,20,21). The molecule has 0 aromatic carbocycles. The van der Waals surface area contributed by atoms with Crippen LogP contribution >= 0.6 is 11.6 Å². The zero-order valence-corrected chi connectivity index (χ0v) is 13.5. The fourth-order valence-electron chi connectivity index (χ4n) is 1.74. The largest absolute Gasteiger partial charge is 0.472 e. The molecular weight excluding hydrogens is 300 g/mol. The van der Waals surface area contributed by atoms with Gasteiger partial charge in [-0.15, -0.1) is 0 Å². The Morgan fingerprint density at radius 1 is 1.32 bits per heavy atom. The van der Waals surface area contributed by atoms with Crippen LogP contribution in [0.1, 0.15) is 32.0 Å². The van der Waals surface area contributed by atoms with E-state index >= 15 is 0 Å². The number of anilines is 1. The van der Waals surface area contributed by atoms with E-state index in [1.165, 1.54) is 0 Å². The second kappa shape index (κ2) is 6.63. The number of ether oxygens (including phenoxy) is 1. The summed E-state index contributed by atoms with van der Waals surface area (Å²) in [5.74, 6) is 1.17. The predicted octanol–water partition coefficient (Wildman–Crippen LogP) is 3.79. The first-order valence-corrected chi connectivity index (χ1v) is 7.19. The van der Waals surface area contributed by atoms with Crippen molar-refractivity contribution in [2.24, 2.45) is 0 Å². The third-order valence-corrected chi connectivity index (χ3v) is 2.94. The Balaban J connectivity index is 2.06. The fraction of sp³-hybridized carbons (Fsp3) is 0.312. The number of hydrogen-bond donors (Lipinski definition) is 1. The third-order valence-electron chi connectivity index (χ3n) is 2.64. The van der Waals surface area contributed by atoms with Crippen LogP contribution in [0.3, 0.4) is 0 Å². The van der Waals surface area contributed by atoms with Gasteiger partial charge in [-0.2, -0.15) is 5.26 Å². The number of rotatable bonds is 4. The van der Waals surface area contributed by atoms with Gasteiger partial charge in [-0.3, -0.25) is 0 Å². The molecule has 2 aromatic rings. The normalized spacial score (nSPS) is 10.9. The second-order valence-corrected chi connectivity index (χ2v) is 6.12. The summed E-state index contributed by atoms with van der Waals surface area (Å²) in [4.78, 5) is 8.33. The molecule has 0 aliphatic heterocycles. The molecule has 1 N–H and O–H groups in total. The third kappa shape index (κ3) is 4.61. The minimum absolute atomic E-state index is 0.207. The molecule has 2 rings (SSSR count). The van der Waals surface area contributed by atoms with Crippen LogP contribution in [-0.4, -0.2) is 15.6 Å². The van der Waals surface area contributed by atoms with Crippen molar-refractivity contribution >= 4 is 17.4 Å². The van der Waals surface area contributed by atoms with Crippen LogP contribution in [0.2, 0.25) is 5.02 Å². The first-order valence-electron chi connectivity index (χ1n) is 6.82. The van der Waals surface area contributed by atoms with Crippen molar-refractivity contribution in [3.8, 4) is 11.9 Å². The zero-order chi connectivity index (χ0) is 16.2. The molecule has 0 unspecified atom stereocenters. The van der Waals surface area contributed by atoms with E-state index in [2.05, 4.69) is 15.3 Å². The molecular formula is C16H17ClN4O. The van der Waals surface area contributed by atoms with Crippen LogP contribution < -0.4 is 10.1 Å². The van der Waals surface area contributed by atoms with Gasteiger partial charge in [0.2, 0.25) is 5.88 Å². The van der Waals surface area contributed by atoms with E-state index in [4.69, 9.17) is 21.6 Å². The molecule has 0 radical (unpaired) electrons. The highest BCUT2D eigenvalue weighted by atomic mass is 35.5. The molecule has 0 saturated heterocycles. The number of pyridine rings is 2. The molecule has 0 aliphatic carbocycles. The maximum Gasteiger partial charge on any atom is 0.214 e. The second-order valence-electron chi connectivity index (χ2n) is 5.71. The number of nitriles is 1. The number of nitrogens with one attached hydrogen (secondary N) is 1. The maximum absolute atomic E-state index is 8.92. The molecule has 2 aromatic heterocycles. The van der Waals surface area contributed by atoms with Crippen LogP contribution in [-0.2, 0) is 6.54 Å². The predicted molar refractivity (Wildman–Crippen MR) is 85.9 cm³/mol. The maximum atomic E-state index is 8.92. The molecule has 0 saturated carbocycles. The summed E-state index contributed by atoms with van der Waals surface area (Å²) in [5.41, 5.74) is 0.918. The molecule has 22 heavy (non-hydrogen) atoms. The SMILES string of the molecule is CC(C)(C)Oc1cc(CNc2ccc(Cl)c(C#N)n2)ccn1. The lowest BCUT2D eigenvalue weighted by Gasteiger charge is -2.20. The van der Waals surface area contributed by atoms with Crippen molar-refractivity contribution in [3.05, 3.63) is 46.7 Å². The van der Waals surface area contributed by atoms with Gasteiger partial charge in [0, 0.05) is 18.8 Å². The molecule has 0 fully saturated rings. The highest BCUT2D eigenvalue weighted by Crippen LogP contribution is 2.18. The summed E-state index contributed by atoms with van der Waals surface area (Å²) < 4.78 is 5.73. The smallest absolute Gasteiger partial charge is 0.214 e. The summed E-state index contributed by atoms with van der Waals surface area (Å²) >= 11 is 5.86. The molecule has 0 aliphatic rings. The molecule has 0 spiro atoms. The van der Waals surface area contributed by atoms with Crippen molar-refractivity contribution in [1.29, 1.82) is 5.26 Å². The number of aromatic nitrogens is 2. The summed E-state index contributed by atoms with van der Waals surface area (Å²) in [5, 5.41) is 12.4. The van der Waals surface area contributed by atoms with E-state index in [-0.39, 0.29) is 11.3 Å². The highest BCUT2D eigenvalue weighted by molar-refractivity contribution is 6.31. The van der Waals surface area contributed by atoms with E-state index in [1.807, 2.05) is 39.0 Å². The van der Waals surface area contributed by atoms with Crippen LogP contribution in [0, 0.1) is 11.3 Å². The molecule has 6 heteroatoms. The topological polar surface area (TPSA) is 70.8 Å². The van der Waals surface area contributed by atoms with Gasteiger partial charge in [0.1, 0.15) is 17.5 Å². The van der Waals surface area contributed by atoms with Gasteiger partial charge in [-0.25, -0.2) is 9.97 Å². The quantitative estimate of drug-likeness (QED) is 0.929. The van der Waals surface area contributed by atoms with Gasteiger partial charge in [0.15, 0.2) is 5.69 Å². The lowest BCUT2D eigenvalue weighted by molar-refractivity contribution is 0.124. The number of hydrogen-bond acceptors (Lipinski definition) is 5. The zero-order valence-electron chi connectivity index (χ0n) is 12.7. The van der Waals surface area contributed by atoms with Gasteiger partial charge in [-0.05, 0) is 44.5 Å². The Morgan fingerprint density at radius 2 is 2.09 bits per heavy atom. The minimum atomic E-state index is -0.293. The summed E-state index contributed by atoms with van der Waals surface area (Å²) in [6.07, 6.45) is 1.70. The molecule has 0 amide bonds. The van der Waals surface area contributed by atoms with Crippen molar-refractivity contribution in [2.45, 2.75) is 32.9 Å². The van der Waals surface area contributed by atoms with E-state index in [0.717, 1.165) is 5.56 Å². The Morgan fingerprint density at radius 3 is 2.77 bits per heavy atom. The van der Waals surface area contributed by atoms with Gasteiger partial charge in [0.05, 0.1) is 5.02 Å². The van der Waals surface area contributed by atoms with Crippen molar-refractivity contribution in [1.82, 2.24) is 9.97 Å². The minimum Gasteiger partial charge on any atom is -0.472 e. The van der Waals surface area contributed by atoms with Crippen LogP contribution in [0.5, 0.6) is 5.88 Å². The fourth-order valence-corrected chi connectivity index (χ4v) is 1.89. The van der Waals surface area contributed by atoms with Crippen LogP contribution in [0.15, 0.2) is 30.5 Å². The Kier molecular flexibility index (Phi) is 4.84. The van der Waals surface area contributed by atoms with Gasteiger partial charge in [-0.1, -0.05) is 11.6 Å². The molecule has 0 atom stereocenters. The first-order chi connectivity index (χ1) is 10.4. The van der Waals surface area contributed by atoms with E-state index in [0.29, 0.717) is 23.3 Å². The molecule has 114 valence electrons. The Bertz CT molecular complexity index is 704. The lowest BCUT2D eigenvalue weighted by atomic mass is 10.2. The number of nitrogens with zero attached hydrogens (tertiary/aromatic N) is 3. The van der Waals surface area contributed by atoms with E-state index in [9.17, 15) is 0 Å². The van der Waals surface area contributed by atoms with Gasteiger partial charge >= 0.3 is 0 Å². The monoisotopic (exact) mass is 316 g/mol. The van der Waals surface area contributed by atoms with Crippen molar-refractivity contribution in [3.63, 3.8) is 0 Å². The lowest BCUT2D eigenvalue weighted by Crippen LogP contribution is -2.23. The molecule has 5 nitrogen and oxygen atoms in total. The number of halogens is 1. The van der Waals surface area contributed by atoms with Crippen LogP contribution in [0.4, 0.5) is 5.82 Å². The van der Waals surface area contributed by atoms with Gasteiger partial charge in [0.25, 0.3) is 0 Å². The Labute approximate surface area is 134 Å². The summed E-state index contributed by atoms with van der Waals surface area (Å²) in [7, 11) is 0. The van der Waals surface area contributed by atoms with Crippen LogP contribution in [0.25, 0.3) is 0 Å². The van der Waals surface area contributed by atoms with Crippen molar-refractivity contribution in [2.75, 3.05) is 5.32 Å². The Hall–Kier alpha value is -2.32. The first kappa shape index (κ1) is 16.1.